The van der Waals surface area contributed by atoms with Crippen LogP contribution in [-0.2, 0) is 57.9 Å². The minimum absolute atomic E-state index is 0. The van der Waals surface area contributed by atoms with E-state index in [2.05, 4.69) is 119 Å². The molecule has 0 saturated heterocycles. The molecule has 0 aliphatic heterocycles. The summed E-state index contributed by atoms with van der Waals surface area (Å²) in [4.78, 5) is 71.5. The Morgan fingerprint density at radius 1 is 0.464 bits per heavy atom. The molecule has 1 amide bonds. The Morgan fingerprint density at radius 2 is 0.827 bits per heavy atom. The molecule has 12 nitrogen and oxygen atoms in total. The van der Waals surface area contributed by atoms with Crippen LogP contribution in [0.4, 0.5) is 70.2 Å². The highest BCUT2D eigenvalue weighted by Gasteiger charge is 2.84. The van der Waals surface area contributed by atoms with E-state index < -0.39 is 119 Å². The van der Waals surface area contributed by atoms with Crippen molar-refractivity contribution >= 4 is 35.8 Å². The Bertz CT molecular complexity index is 2900. The minimum Gasteiger partial charge on any atom is -0.462 e. The van der Waals surface area contributed by atoms with Gasteiger partial charge in [-0.2, -0.15) is 70.2 Å². The zero-order valence-electron chi connectivity index (χ0n) is 69.7. The third kappa shape index (κ3) is 32.3. The van der Waals surface area contributed by atoms with Gasteiger partial charge in [-0.1, -0.05) is 136 Å². The monoisotopic (exact) mass is 1620 g/mol. The summed E-state index contributed by atoms with van der Waals surface area (Å²) in [6.07, 6.45) is -9.76. The normalized spacial score (nSPS) is 21.5. The summed E-state index contributed by atoms with van der Waals surface area (Å²) in [5, 5.41) is 0. The molecular weight excluding hydrogens is 1480 g/mol. The number of carbonyl (C=O) groups is 6. The number of esters is 5. The summed E-state index contributed by atoms with van der Waals surface area (Å²) in [7, 11) is 0. The maximum atomic E-state index is 14.1. The minimum atomic E-state index is -5.95. The van der Waals surface area contributed by atoms with Crippen molar-refractivity contribution in [1.29, 1.82) is 0 Å². The molecule has 650 valence electrons. The van der Waals surface area contributed by atoms with Crippen LogP contribution in [0.1, 0.15) is 323 Å². The summed E-state index contributed by atoms with van der Waals surface area (Å²) in [5.41, 5.74) is -1.36. The van der Waals surface area contributed by atoms with E-state index in [1.165, 1.54) is 64.0 Å². The van der Waals surface area contributed by atoms with Crippen molar-refractivity contribution in [3.05, 3.63) is 35.4 Å². The number of hydrogen-bond donors (Lipinski definition) is 0. The lowest BCUT2D eigenvalue weighted by Crippen LogP contribution is -2.69. The summed E-state index contributed by atoms with van der Waals surface area (Å²) < 4.78 is 223. The van der Waals surface area contributed by atoms with Gasteiger partial charge in [0.15, 0.2) is 18.8 Å². The van der Waals surface area contributed by atoms with Gasteiger partial charge in [-0.25, -0.2) is 0 Å². The molecule has 1 aromatic rings. The van der Waals surface area contributed by atoms with Gasteiger partial charge in [-0.15, -0.1) is 0 Å². The second-order valence-corrected chi connectivity index (χ2v) is 34.4. The van der Waals surface area contributed by atoms with Crippen molar-refractivity contribution in [2.45, 2.75) is 389 Å². The van der Waals surface area contributed by atoms with Gasteiger partial charge in [-0.3, -0.25) is 28.8 Å². The van der Waals surface area contributed by atoms with Crippen LogP contribution < -0.4 is 0 Å². The Morgan fingerprint density at radius 3 is 1.17 bits per heavy atom. The SMILES string of the molecule is C.C.CCC(C)(C)C(=O)N(C(C)C)C(C)C.CCC(C)(C)C(=O)OC(C)C(F)(F)F.CCC(C)(C)C(=O)OC(C)C(F)(F)F.CCC(C)(C)C(=O)OC1(F)CCC(F)(F)C(F)(F)C1(F)F.CCC(C)(C)C(=O)OC1CC2CC1C1CCCC21.CCC(C)(C)C(=O)OCC(F)(F)F.CCC(C)c1ccc(C(C)(C)C)cc1. The van der Waals surface area contributed by atoms with Gasteiger partial charge in [0, 0.05) is 30.3 Å². The van der Waals surface area contributed by atoms with Crippen molar-refractivity contribution in [1.82, 2.24) is 4.90 Å². The van der Waals surface area contributed by atoms with Crippen LogP contribution in [0.5, 0.6) is 0 Å². The van der Waals surface area contributed by atoms with Gasteiger partial charge in [0.25, 0.3) is 0 Å². The van der Waals surface area contributed by atoms with E-state index in [0.717, 1.165) is 50.9 Å². The van der Waals surface area contributed by atoms with Gasteiger partial charge in [0.05, 0.1) is 27.1 Å². The molecule has 9 unspecified atom stereocenters. The van der Waals surface area contributed by atoms with Crippen LogP contribution in [0.25, 0.3) is 0 Å². The van der Waals surface area contributed by atoms with Crippen molar-refractivity contribution in [2.24, 2.45) is 56.2 Å². The van der Waals surface area contributed by atoms with Crippen LogP contribution in [0.2, 0.25) is 0 Å². The largest absolute Gasteiger partial charge is 0.462 e. The molecule has 110 heavy (non-hydrogen) atoms. The molecular formula is C82H139F16NO11. The van der Waals surface area contributed by atoms with E-state index in [9.17, 15) is 99.0 Å². The van der Waals surface area contributed by atoms with E-state index in [0.29, 0.717) is 31.1 Å². The molecule has 9 atom stereocenters. The summed E-state index contributed by atoms with van der Waals surface area (Å²) >= 11 is 0. The average molecular weight is 1620 g/mol. The van der Waals surface area contributed by atoms with Crippen molar-refractivity contribution in [3.63, 3.8) is 0 Å². The molecule has 2 bridgehead atoms. The quantitative estimate of drug-likeness (QED) is 0.0657. The molecule has 4 saturated carbocycles. The van der Waals surface area contributed by atoms with Gasteiger partial charge in [-0.05, 0) is 228 Å². The first-order valence-corrected chi connectivity index (χ1v) is 37.8. The summed E-state index contributed by atoms with van der Waals surface area (Å²) in [6, 6.07) is 9.65. The van der Waals surface area contributed by atoms with Crippen LogP contribution >= 0.6 is 0 Å². The smallest absolute Gasteiger partial charge is 0.425 e. The molecule has 0 spiro atoms. The molecule has 0 aromatic heterocycles. The third-order valence-electron chi connectivity index (χ3n) is 21.8. The van der Waals surface area contributed by atoms with Crippen molar-refractivity contribution in [3.8, 4) is 0 Å². The van der Waals surface area contributed by atoms with Gasteiger partial charge in [0.2, 0.25) is 5.91 Å². The zero-order valence-corrected chi connectivity index (χ0v) is 69.7. The molecule has 0 N–H and O–H groups in total. The number of alkyl halides is 16. The number of nitrogens with zero attached hydrogens (tertiary/aromatic N) is 1. The fourth-order valence-corrected chi connectivity index (χ4v) is 10.9. The number of amides is 1. The van der Waals surface area contributed by atoms with Crippen molar-refractivity contribution in [2.75, 3.05) is 6.61 Å². The highest BCUT2D eigenvalue weighted by atomic mass is 19.4. The van der Waals surface area contributed by atoms with E-state index in [1.54, 1.807) is 62.3 Å². The van der Waals surface area contributed by atoms with E-state index >= 15 is 0 Å². The maximum absolute atomic E-state index is 14.1. The molecule has 28 heteroatoms. The Hall–Kier alpha value is -5.08. The van der Waals surface area contributed by atoms with E-state index in [4.69, 9.17) is 4.74 Å². The fraction of sp³-hybridized carbons (Fsp3) is 0.854. The predicted octanol–water partition coefficient (Wildman–Crippen LogP) is 25.3. The number of hydrogen-bond acceptors (Lipinski definition) is 11. The number of halogens is 16. The van der Waals surface area contributed by atoms with Crippen LogP contribution in [0, 0.1) is 56.2 Å². The third-order valence-corrected chi connectivity index (χ3v) is 21.8. The van der Waals surface area contributed by atoms with Crippen LogP contribution in [0.15, 0.2) is 24.3 Å². The lowest BCUT2D eigenvalue weighted by Gasteiger charge is -2.45. The Labute approximate surface area is 648 Å². The maximum Gasteiger partial charge on any atom is 0.425 e. The number of fused-ring (bicyclic) bond motifs is 5. The lowest BCUT2D eigenvalue weighted by atomic mass is 9.80. The molecule has 4 aliphatic carbocycles. The number of benzene rings is 1. The number of ether oxygens (including phenoxy) is 5. The second kappa shape index (κ2) is 43.0. The fourth-order valence-electron chi connectivity index (χ4n) is 10.9. The first kappa shape index (κ1) is 111. The Balaban J connectivity index is -0.000000598. The number of rotatable bonds is 21. The van der Waals surface area contributed by atoms with Crippen LogP contribution in [-0.4, -0.2) is 120 Å². The number of carbonyl (C=O) groups excluding carboxylic acids is 6. The zero-order chi connectivity index (χ0) is 85.9. The summed E-state index contributed by atoms with van der Waals surface area (Å²) in [5.74, 6) is -20.9. The van der Waals surface area contributed by atoms with E-state index in [1.807, 2.05) is 32.6 Å². The van der Waals surface area contributed by atoms with Crippen LogP contribution in [0.3, 0.4) is 0 Å². The molecule has 0 heterocycles. The standard InChI is InChI=1S/C16H26O2.C14H22.C12H15F7O2.C12H25NO.2C9H15F3O2.C8H13F3O2.2CH4/c1-4-16(2,3)15(17)18-14-9-10-8-13(14)12-7-5-6-11(10)12;1-6-11(2)12-7-9-13(10-8-12)14(3,4)5;1-4-8(2,3)7(20)21-10(15)6-5-9(13,14)11(16,17)12(10,18)19;1-8-12(6,7)11(14)13(9(2)3)10(4)5;2*1-5-8(3,4)7(13)14-6(2)9(10,11)12;1-4-7(2,3)6(12)13-5-8(9,10)11;;/h10-14H,4-9H2,1-3H3;7-11H,6H2,1-5H3;4-6H2,1-3H3;9-10H,8H2,1-7H3;2*6H,5H2,1-4H3;4-5H2,1-3H3;2*1H4. The predicted molar refractivity (Wildman–Crippen MR) is 400 cm³/mol. The van der Waals surface area contributed by atoms with E-state index in [-0.39, 0.29) is 67.6 Å². The Kier molecular flexibility index (Phi) is 43.5. The molecule has 5 rings (SSSR count). The van der Waals surface area contributed by atoms with Crippen molar-refractivity contribution < 1.29 is 123 Å². The lowest BCUT2D eigenvalue weighted by molar-refractivity contribution is -0.409. The first-order chi connectivity index (χ1) is 48.3. The summed E-state index contributed by atoms with van der Waals surface area (Å²) in [6.45, 7) is 50.3. The van der Waals surface area contributed by atoms with Gasteiger partial charge >= 0.3 is 72.0 Å². The average Bonchev–Trinajstić information content (AvgIpc) is 0.947. The highest BCUT2D eigenvalue weighted by Crippen LogP contribution is 2.61. The van der Waals surface area contributed by atoms with Gasteiger partial charge < -0.3 is 28.6 Å². The highest BCUT2D eigenvalue weighted by molar-refractivity contribution is 5.82. The molecule has 4 aliphatic rings. The van der Waals surface area contributed by atoms with Gasteiger partial charge in [0.1, 0.15) is 6.10 Å². The first-order valence-electron chi connectivity index (χ1n) is 37.8. The molecule has 0 radical (unpaired) electrons. The molecule has 4 fully saturated rings. The molecule has 1 aromatic carbocycles. The topological polar surface area (TPSA) is 152 Å². The second-order valence-electron chi connectivity index (χ2n) is 34.4.